The molecule has 1 heterocycles. The van der Waals surface area contributed by atoms with Crippen molar-refractivity contribution in [3.63, 3.8) is 0 Å². The number of rotatable bonds is 27. The lowest BCUT2D eigenvalue weighted by Crippen LogP contribution is -2.59. The zero-order chi connectivity index (χ0) is 45.7. The van der Waals surface area contributed by atoms with Gasteiger partial charge in [0.2, 0.25) is 41.4 Å². The van der Waals surface area contributed by atoms with E-state index in [4.69, 9.17) is 27.4 Å². The lowest BCUT2D eigenvalue weighted by atomic mass is 10.1. The van der Waals surface area contributed by atoms with Crippen LogP contribution in [0.3, 0.4) is 0 Å². The summed E-state index contributed by atoms with van der Waals surface area (Å²) >= 11 is 1.34. The Balaban J connectivity index is 3.12. The van der Waals surface area contributed by atoms with Crippen LogP contribution in [0.5, 0.6) is 0 Å². The van der Waals surface area contributed by atoms with Crippen molar-refractivity contribution in [2.45, 2.75) is 114 Å². The number of carbonyl (C=O) groups is 10. The number of guanidine groups is 1. The van der Waals surface area contributed by atoms with E-state index < -0.39 is 127 Å². The number of carbonyl (C=O) groups excluding carboxylic acids is 7. The highest BCUT2D eigenvalue weighted by molar-refractivity contribution is 7.98. The molecule has 1 rings (SSSR count). The number of carboxylic acid groups (broad SMARTS) is 3. The standard InChI is InChI=1S/C34H57N11O14S/c1-16(39-30(55)22(15-46)44-27(52)18(35)14-25(49)50)26(51)41-19(6-4-11-38-34(36)37)29(54)42-20(10-13-60-3)28(53)40-17(2)32(57)45-12-5-7-23(45)31(56)43-21(33(58)59)8-9-24(47)48/h16-23,46H,4-15,35H2,1-3H3,(H,39,55)(H,40,53)(H,41,51)(H,42,54)(H,43,56)(H,44,52)(H,47,48)(H,49,50)(H,58,59)(H4,36,37,38). The Morgan fingerprint density at radius 1 is 0.733 bits per heavy atom. The Hall–Kier alpha value is -5.76. The van der Waals surface area contributed by atoms with Gasteiger partial charge < -0.3 is 74.4 Å². The fourth-order valence-corrected chi connectivity index (χ4v) is 6.17. The second-order valence-corrected chi connectivity index (χ2v) is 14.8. The highest BCUT2D eigenvalue weighted by Gasteiger charge is 2.39. The number of nitrogens with two attached hydrogens (primary N) is 3. The maximum Gasteiger partial charge on any atom is 0.326 e. The second kappa shape index (κ2) is 26.4. The van der Waals surface area contributed by atoms with Crippen LogP contribution in [0.25, 0.3) is 0 Å². The number of carboxylic acids is 3. The first-order valence-corrected chi connectivity index (χ1v) is 20.2. The number of amides is 7. The van der Waals surface area contributed by atoms with Gasteiger partial charge in [-0.1, -0.05) is 0 Å². The van der Waals surface area contributed by atoms with Gasteiger partial charge in [0.05, 0.1) is 19.1 Å². The minimum absolute atomic E-state index is 0.0427. The van der Waals surface area contributed by atoms with Crippen LogP contribution in [0, 0.1) is 0 Å². The van der Waals surface area contributed by atoms with Crippen molar-refractivity contribution in [2.75, 3.05) is 31.7 Å². The first-order valence-electron chi connectivity index (χ1n) is 18.8. The largest absolute Gasteiger partial charge is 0.481 e. The summed E-state index contributed by atoms with van der Waals surface area (Å²) in [5.74, 6) is -10.1. The van der Waals surface area contributed by atoms with Gasteiger partial charge in [-0.25, -0.2) is 4.79 Å². The minimum Gasteiger partial charge on any atom is -0.481 e. The maximum absolute atomic E-state index is 13.7. The van der Waals surface area contributed by atoms with Gasteiger partial charge in [0.1, 0.15) is 42.3 Å². The molecule has 60 heavy (non-hydrogen) atoms. The smallest absolute Gasteiger partial charge is 0.326 e. The van der Waals surface area contributed by atoms with Crippen molar-refractivity contribution in [2.24, 2.45) is 22.2 Å². The van der Waals surface area contributed by atoms with Crippen LogP contribution in [-0.4, -0.2) is 171 Å². The molecule has 25 nitrogen and oxygen atoms in total. The summed E-state index contributed by atoms with van der Waals surface area (Å²) in [5.41, 5.74) is 16.3. The normalized spacial score (nSPS) is 16.9. The Labute approximate surface area is 349 Å². The Morgan fingerprint density at radius 2 is 1.30 bits per heavy atom. The van der Waals surface area contributed by atoms with E-state index in [2.05, 4.69) is 36.9 Å². The van der Waals surface area contributed by atoms with Crippen molar-refractivity contribution in [1.29, 1.82) is 0 Å². The number of nitrogens with one attached hydrogen (secondary N) is 6. The molecule has 1 aliphatic heterocycles. The summed E-state index contributed by atoms with van der Waals surface area (Å²) in [7, 11) is 0. The molecule has 0 aromatic heterocycles. The quantitative estimate of drug-likeness (QED) is 0.0208. The highest BCUT2D eigenvalue weighted by atomic mass is 32.2. The van der Waals surface area contributed by atoms with Crippen LogP contribution in [0.4, 0.5) is 0 Å². The fraction of sp³-hybridized carbons (Fsp3) is 0.676. The third-order valence-corrected chi connectivity index (χ3v) is 9.59. The van der Waals surface area contributed by atoms with Gasteiger partial charge in [-0.2, -0.15) is 11.8 Å². The average molecular weight is 876 g/mol. The van der Waals surface area contributed by atoms with Gasteiger partial charge >= 0.3 is 17.9 Å². The molecule has 8 atom stereocenters. The zero-order valence-electron chi connectivity index (χ0n) is 33.5. The molecular formula is C34H57N11O14S. The van der Waals surface area contributed by atoms with Crippen LogP contribution in [0.15, 0.2) is 4.99 Å². The lowest BCUT2D eigenvalue weighted by Gasteiger charge is -2.29. The molecule has 0 aromatic carbocycles. The summed E-state index contributed by atoms with van der Waals surface area (Å²) in [6, 6.07) is -11.0. The van der Waals surface area contributed by atoms with E-state index in [0.717, 1.165) is 0 Å². The van der Waals surface area contributed by atoms with Crippen molar-refractivity contribution in [1.82, 2.24) is 36.8 Å². The van der Waals surface area contributed by atoms with Gasteiger partial charge in [0, 0.05) is 19.5 Å². The summed E-state index contributed by atoms with van der Waals surface area (Å²) < 4.78 is 0. The first kappa shape index (κ1) is 52.3. The summed E-state index contributed by atoms with van der Waals surface area (Å²) in [6.45, 7) is 1.80. The minimum atomic E-state index is -1.62. The van der Waals surface area contributed by atoms with Crippen LogP contribution < -0.4 is 49.1 Å². The number of thioether (sulfide) groups is 1. The fourth-order valence-electron chi connectivity index (χ4n) is 5.70. The molecule has 16 N–H and O–H groups in total. The highest BCUT2D eigenvalue weighted by Crippen LogP contribution is 2.19. The molecule has 8 unspecified atom stereocenters. The molecule has 0 bridgehead atoms. The topological polar surface area (TPSA) is 417 Å². The molecule has 1 saturated heterocycles. The molecule has 0 spiro atoms. The molecule has 338 valence electrons. The SMILES string of the molecule is CSCCC(NC(=O)C(CCCN=C(N)N)NC(=O)C(C)NC(=O)C(CO)NC(=O)C(N)CC(=O)O)C(=O)NC(C)C(=O)N1CCCC1C(=O)NC(CCC(=O)O)C(=O)O. The van der Waals surface area contributed by atoms with E-state index in [0.29, 0.717) is 12.2 Å². The average Bonchev–Trinajstić information content (AvgIpc) is 3.67. The Morgan fingerprint density at radius 3 is 1.87 bits per heavy atom. The van der Waals surface area contributed by atoms with Crippen molar-refractivity contribution in [3.05, 3.63) is 0 Å². The van der Waals surface area contributed by atoms with Crippen LogP contribution in [0.1, 0.15) is 65.2 Å². The van der Waals surface area contributed by atoms with Gasteiger partial charge in [-0.3, -0.25) is 48.1 Å². The molecule has 7 amide bonds. The first-order chi connectivity index (χ1) is 28.1. The van der Waals surface area contributed by atoms with Crippen molar-refractivity contribution in [3.8, 4) is 0 Å². The molecule has 0 saturated carbocycles. The summed E-state index contributed by atoms with van der Waals surface area (Å²) in [4.78, 5) is 131. The third kappa shape index (κ3) is 18.4. The van der Waals surface area contributed by atoms with E-state index in [-0.39, 0.29) is 51.2 Å². The van der Waals surface area contributed by atoms with Crippen molar-refractivity contribution < 1.29 is 68.4 Å². The summed E-state index contributed by atoms with van der Waals surface area (Å²) in [6.07, 6.45) is 0.778. The predicted octanol–water partition coefficient (Wildman–Crippen LogP) is -5.52. The van der Waals surface area contributed by atoms with E-state index in [1.807, 2.05) is 0 Å². The summed E-state index contributed by atoms with van der Waals surface area (Å²) in [5, 5.41) is 51.1. The second-order valence-electron chi connectivity index (χ2n) is 13.8. The molecular weight excluding hydrogens is 819 g/mol. The van der Waals surface area contributed by atoms with Crippen LogP contribution >= 0.6 is 11.8 Å². The van der Waals surface area contributed by atoms with E-state index in [1.54, 1.807) is 6.26 Å². The number of hydrogen-bond acceptors (Lipinski definition) is 14. The molecule has 0 radical (unpaired) electrons. The molecule has 1 aliphatic rings. The number of likely N-dealkylation sites (tertiary alicyclic amines) is 1. The maximum atomic E-state index is 13.7. The van der Waals surface area contributed by atoms with Gasteiger partial charge in [-0.15, -0.1) is 0 Å². The molecule has 1 fully saturated rings. The number of aliphatic carboxylic acids is 3. The Kier molecular flexibility index (Phi) is 23.0. The van der Waals surface area contributed by atoms with Crippen LogP contribution in [0.2, 0.25) is 0 Å². The van der Waals surface area contributed by atoms with Crippen LogP contribution in [-0.2, 0) is 47.9 Å². The predicted molar refractivity (Wildman–Crippen MR) is 212 cm³/mol. The van der Waals surface area contributed by atoms with Crippen molar-refractivity contribution >= 4 is 77.0 Å². The number of aliphatic hydroxyl groups is 1. The van der Waals surface area contributed by atoms with Gasteiger partial charge in [-0.05, 0) is 64.4 Å². The lowest BCUT2D eigenvalue weighted by molar-refractivity contribution is -0.145. The van der Waals surface area contributed by atoms with Gasteiger partial charge in [0.25, 0.3) is 0 Å². The molecule has 0 aliphatic carbocycles. The molecule has 26 heteroatoms. The van der Waals surface area contributed by atoms with E-state index in [9.17, 15) is 58.2 Å². The third-order valence-electron chi connectivity index (χ3n) is 8.95. The number of aliphatic imine (C=N–C) groups is 1. The van der Waals surface area contributed by atoms with E-state index >= 15 is 0 Å². The van der Waals surface area contributed by atoms with E-state index in [1.165, 1.54) is 30.5 Å². The number of nitrogens with zero attached hydrogens (tertiary/aromatic N) is 2. The molecule has 0 aromatic rings. The zero-order valence-corrected chi connectivity index (χ0v) is 34.3. The number of hydrogen-bond donors (Lipinski definition) is 13. The Bertz CT molecular complexity index is 1600. The monoisotopic (exact) mass is 875 g/mol. The van der Waals surface area contributed by atoms with Gasteiger partial charge in [0.15, 0.2) is 5.96 Å². The number of aliphatic hydroxyl groups excluding tert-OH is 1.